The first-order valence-corrected chi connectivity index (χ1v) is 8.93. The number of ether oxygens (including phenoxy) is 2. The molecule has 1 heterocycles. The number of ketones is 1. The van der Waals surface area contributed by atoms with Gasteiger partial charge in [-0.2, -0.15) is 0 Å². The second kappa shape index (κ2) is 9.34. The van der Waals surface area contributed by atoms with Gasteiger partial charge < -0.3 is 14.8 Å². The number of hydrogen-bond donors (Lipinski definition) is 1. The molecule has 2 rings (SSSR count). The van der Waals surface area contributed by atoms with Gasteiger partial charge in [0.05, 0.1) is 6.61 Å². The Labute approximate surface area is 152 Å². The Bertz CT molecular complexity index is 722. The number of anilines is 1. The number of carbonyl (C=O) groups is 2. The van der Waals surface area contributed by atoms with Gasteiger partial charge in [0, 0.05) is 41.0 Å². The topological polar surface area (TPSA) is 64.6 Å². The zero-order valence-corrected chi connectivity index (χ0v) is 15.6. The molecule has 0 atom stereocenters. The van der Waals surface area contributed by atoms with Crippen molar-refractivity contribution in [2.24, 2.45) is 0 Å². The zero-order valence-electron chi connectivity index (χ0n) is 14.8. The number of rotatable bonds is 9. The van der Waals surface area contributed by atoms with Crippen molar-refractivity contribution in [1.29, 1.82) is 0 Å². The molecule has 2 aromatic rings. The third-order valence-electron chi connectivity index (χ3n) is 3.61. The molecule has 0 bridgehead atoms. The molecule has 0 radical (unpaired) electrons. The van der Waals surface area contributed by atoms with Crippen LogP contribution in [0, 0.1) is 13.8 Å². The zero-order chi connectivity index (χ0) is 18.2. The average molecular weight is 361 g/mol. The van der Waals surface area contributed by atoms with E-state index in [1.165, 1.54) is 0 Å². The third-order valence-corrected chi connectivity index (χ3v) is 4.58. The number of thiophene rings is 1. The highest BCUT2D eigenvalue weighted by atomic mass is 32.1. The number of hydrogen-bond acceptors (Lipinski definition) is 5. The van der Waals surface area contributed by atoms with E-state index in [1.807, 2.05) is 19.9 Å². The van der Waals surface area contributed by atoms with Crippen molar-refractivity contribution in [3.05, 3.63) is 45.6 Å². The molecule has 0 aliphatic rings. The van der Waals surface area contributed by atoms with Crippen LogP contribution in [-0.2, 0) is 9.53 Å². The van der Waals surface area contributed by atoms with Gasteiger partial charge in [0.1, 0.15) is 12.4 Å². The number of amides is 1. The smallest absolute Gasteiger partial charge is 0.224 e. The van der Waals surface area contributed by atoms with Crippen molar-refractivity contribution >= 4 is 28.7 Å². The maximum absolute atomic E-state index is 12.2. The predicted octanol–water partition coefficient (Wildman–Crippen LogP) is 3.99. The summed E-state index contributed by atoms with van der Waals surface area (Å²) in [6.45, 7) is 4.91. The van der Waals surface area contributed by atoms with E-state index < -0.39 is 0 Å². The van der Waals surface area contributed by atoms with E-state index in [-0.39, 0.29) is 24.5 Å². The molecule has 1 aromatic carbocycles. The van der Waals surface area contributed by atoms with Crippen molar-refractivity contribution in [2.75, 3.05) is 25.6 Å². The Kier molecular flexibility index (Phi) is 7.16. The lowest BCUT2D eigenvalue weighted by atomic mass is 10.1. The number of methoxy groups -OCH3 is 1. The third kappa shape index (κ3) is 5.99. The molecule has 1 aromatic heterocycles. The lowest BCUT2D eigenvalue weighted by Gasteiger charge is -2.08. The number of benzene rings is 1. The van der Waals surface area contributed by atoms with Gasteiger partial charge in [-0.05, 0) is 44.2 Å². The summed E-state index contributed by atoms with van der Waals surface area (Å²) in [5, 5.41) is 2.79. The molecular weight excluding hydrogens is 338 g/mol. The van der Waals surface area contributed by atoms with E-state index in [1.54, 1.807) is 42.7 Å². The van der Waals surface area contributed by atoms with Crippen molar-refractivity contribution in [3.8, 4) is 5.75 Å². The fraction of sp³-hybridized carbons (Fsp3) is 0.368. The van der Waals surface area contributed by atoms with Crippen LogP contribution in [0.5, 0.6) is 5.75 Å². The second-order valence-corrected chi connectivity index (χ2v) is 7.12. The predicted molar refractivity (Wildman–Crippen MR) is 99.8 cm³/mol. The van der Waals surface area contributed by atoms with Crippen LogP contribution in [0.25, 0.3) is 0 Å². The summed E-state index contributed by atoms with van der Waals surface area (Å²) in [6.07, 6.45) is 0.375. The Hall–Kier alpha value is -2.18. The monoisotopic (exact) mass is 361 g/mol. The van der Waals surface area contributed by atoms with E-state index in [0.717, 1.165) is 15.3 Å². The maximum Gasteiger partial charge on any atom is 0.224 e. The Morgan fingerprint density at radius 1 is 1.08 bits per heavy atom. The second-order valence-electron chi connectivity index (χ2n) is 5.66. The van der Waals surface area contributed by atoms with Crippen LogP contribution in [0.3, 0.4) is 0 Å². The Morgan fingerprint density at radius 2 is 1.80 bits per heavy atom. The molecule has 25 heavy (non-hydrogen) atoms. The number of carbonyl (C=O) groups excluding carboxylic acids is 2. The summed E-state index contributed by atoms with van der Waals surface area (Å²) in [4.78, 5) is 26.3. The molecule has 0 aliphatic carbocycles. The van der Waals surface area contributed by atoms with Gasteiger partial charge in [-0.25, -0.2) is 0 Å². The lowest BCUT2D eigenvalue weighted by Crippen LogP contribution is -2.13. The maximum atomic E-state index is 12.2. The minimum atomic E-state index is -0.175. The van der Waals surface area contributed by atoms with Gasteiger partial charge in [0.2, 0.25) is 5.91 Å². The molecule has 1 N–H and O–H groups in total. The summed E-state index contributed by atoms with van der Waals surface area (Å²) in [5.74, 6) is 0.554. The van der Waals surface area contributed by atoms with Crippen LogP contribution in [0.1, 0.15) is 33.0 Å². The van der Waals surface area contributed by atoms with Gasteiger partial charge in [-0.1, -0.05) is 0 Å². The highest BCUT2D eigenvalue weighted by Crippen LogP contribution is 2.22. The van der Waals surface area contributed by atoms with Gasteiger partial charge in [-0.3, -0.25) is 9.59 Å². The Morgan fingerprint density at radius 3 is 2.40 bits per heavy atom. The van der Waals surface area contributed by atoms with Crippen LogP contribution in [0.4, 0.5) is 5.69 Å². The van der Waals surface area contributed by atoms with Gasteiger partial charge in [0.25, 0.3) is 0 Å². The molecular formula is C19H23NO4S. The van der Waals surface area contributed by atoms with Gasteiger partial charge in [0.15, 0.2) is 5.78 Å². The first-order chi connectivity index (χ1) is 12.0. The minimum Gasteiger partial charge on any atom is -0.491 e. The molecule has 0 aliphatic heterocycles. The van der Waals surface area contributed by atoms with Crippen LogP contribution < -0.4 is 10.1 Å². The molecule has 0 unspecified atom stereocenters. The molecule has 134 valence electrons. The fourth-order valence-corrected chi connectivity index (χ4v) is 3.31. The molecule has 6 heteroatoms. The highest BCUT2D eigenvalue weighted by Gasteiger charge is 2.13. The molecule has 5 nitrogen and oxygen atoms in total. The molecule has 1 amide bonds. The normalized spacial score (nSPS) is 10.5. The Balaban J connectivity index is 1.80. The lowest BCUT2D eigenvalue weighted by molar-refractivity contribution is -0.116. The molecule has 0 saturated carbocycles. The van der Waals surface area contributed by atoms with Crippen molar-refractivity contribution in [2.45, 2.75) is 26.7 Å². The first kappa shape index (κ1) is 19.1. The van der Waals surface area contributed by atoms with E-state index in [0.29, 0.717) is 24.7 Å². The van der Waals surface area contributed by atoms with E-state index in [4.69, 9.17) is 9.47 Å². The SMILES string of the molecule is COCCOc1ccc(NC(=O)CCC(=O)c2cc(C)sc2C)cc1. The van der Waals surface area contributed by atoms with E-state index in [9.17, 15) is 9.59 Å². The summed E-state index contributed by atoms with van der Waals surface area (Å²) < 4.78 is 10.4. The standard InChI is InChI=1S/C19H23NO4S/c1-13-12-17(14(2)25-13)18(21)8-9-19(22)20-15-4-6-16(7-5-15)24-11-10-23-3/h4-7,12H,8-11H2,1-3H3,(H,20,22). The number of Topliss-reactive ketones (excluding diaryl/α,β-unsaturated/α-hetero) is 1. The fourth-order valence-electron chi connectivity index (χ4n) is 2.37. The van der Waals surface area contributed by atoms with Crippen LogP contribution in [-0.4, -0.2) is 32.0 Å². The van der Waals surface area contributed by atoms with E-state index >= 15 is 0 Å². The van der Waals surface area contributed by atoms with Gasteiger partial charge in [-0.15, -0.1) is 11.3 Å². The van der Waals surface area contributed by atoms with E-state index in [2.05, 4.69) is 5.32 Å². The minimum absolute atomic E-state index is 0.0129. The molecule has 0 spiro atoms. The molecule has 0 saturated heterocycles. The summed E-state index contributed by atoms with van der Waals surface area (Å²) in [6, 6.07) is 9.01. The van der Waals surface area contributed by atoms with Crippen LogP contribution in [0.15, 0.2) is 30.3 Å². The quantitative estimate of drug-likeness (QED) is 0.542. The number of nitrogens with one attached hydrogen (secondary N) is 1. The molecule has 0 fully saturated rings. The van der Waals surface area contributed by atoms with Gasteiger partial charge >= 0.3 is 0 Å². The highest BCUT2D eigenvalue weighted by molar-refractivity contribution is 7.12. The first-order valence-electron chi connectivity index (χ1n) is 8.11. The van der Waals surface area contributed by atoms with Crippen molar-refractivity contribution < 1.29 is 19.1 Å². The number of aryl methyl sites for hydroxylation is 2. The largest absolute Gasteiger partial charge is 0.491 e. The summed E-state index contributed by atoms with van der Waals surface area (Å²) in [5.41, 5.74) is 1.41. The average Bonchev–Trinajstić information content (AvgIpc) is 2.93. The van der Waals surface area contributed by atoms with Crippen molar-refractivity contribution in [1.82, 2.24) is 0 Å². The van der Waals surface area contributed by atoms with Crippen LogP contribution in [0.2, 0.25) is 0 Å². The summed E-state index contributed by atoms with van der Waals surface area (Å²) >= 11 is 1.60. The van der Waals surface area contributed by atoms with Crippen LogP contribution >= 0.6 is 11.3 Å². The van der Waals surface area contributed by atoms with Crippen molar-refractivity contribution in [3.63, 3.8) is 0 Å². The summed E-state index contributed by atoms with van der Waals surface area (Å²) in [7, 11) is 1.62.